The summed E-state index contributed by atoms with van der Waals surface area (Å²) in [5, 5.41) is 0. The number of benzene rings is 2. The Labute approximate surface area is 154 Å². The van der Waals surface area contributed by atoms with Crippen molar-refractivity contribution < 1.29 is 74.9 Å². The molecule has 3 nitrogen and oxygen atoms in total. The Morgan fingerprint density at radius 3 is 1.67 bits per heavy atom. The first kappa shape index (κ1) is 18.4. The zero-order valence-electron chi connectivity index (χ0n) is 12.4. The minimum Gasteiger partial charge on any atom is -1.00 e. The summed E-state index contributed by atoms with van der Waals surface area (Å²) in [6, 6.07) is 15.7. The molecule has 0 fully saturated rings. The molecule has 0 unspecified atom stereocenters. The molecule has 0 spiro atoms. The van der Waals surface area contributed by atoms with Gasteiger partial charge in [-0.2, -0.15) is 8.42 Å². The van der Waals surface area contributed by atoms with Crippen molar-refractivity contribution in [3.8, 4) is 11.1 Å². The van der Waals surface area contributed by atoms with Crippen LogP contribution in [0.3, 0.4) is 0 Å². The predicted octanol–water partition coefficient (Wildman–Crippen LogP) is -3.17. The first-order chi connectivity index (χ1) is 7.57. The average molecular weight is 282 g/mol. The van der Waals surface area contributed by atoms with Crippen molar-refractivity contribution in [1.82, 2.24) is 0 Å². The van der Waals surface area contributed by atoms with Gasteiger partial charge in [-0.1, -0.05) is 42.5 Å². The molecule has 0 radical (unpaired) electrons. The molecule has 6 heteroatoms. The third kappa shape index (κ3) is 4.79. The van der Waals surface area contributed by atoms with E-state index in [9.17, 15) is 8.42 Å². The van der Waals surface area contributed by atoms with Gasteiger partial charge >= 0.3 is 59.1 Å². The Balaban J connectivity index is -0.000000722. The van der Waals surface area contributed by atoms with E-state index in [1.54, 1.807) is 12.1 Å². The molecule has 0 amide bonds. The van der Waals surface area contributed by atoms with Crippen LogP contribution in [0.4, 0.5) is 0 Å². The van der Waals surface area contributed by atoms with E-state index < -0.39 is 10.1 Å². The predicted molar refractivity (Wildman–Crippen MR) is 63.9 cm³/mol. The van der Waals surface area contributed by atoms with Crippen LogP contribution >= 0.6 is 0 Å². The van der Waals surface area contributed by atoms with Gasteiger partial charge in [0, 0.05) is 0 Å². The monoisotopic (exact) mass is 282 g/mol. The second-order valence-electron chi connectivity index (χ2n) is 3.37. The van der Waals surface area contributed by atoms with Gasteiger partial charge in [-0.15, -0.1) is 0 Å². The van der Waals surface area contributed by atoms with Crippen molar-refractivity contribution in [3.05, 3.63) is 54.6 Å². The largest absolute Gasteiger partial charge is 1.00 e. The van der Waals surface area contributed by atoms with Crippen LogP contribution in [0.25, 0.3) is 11.1 Å². The zero-order chi connectivity index (χ0) is 11.6. The maximum Gasteiger partial charge on any atom is 1.00 e. The first-order valence-corrected chi connectivity index (χ1v) is 6.14. The van der Waals surface area contributed by atoms with Gasteiger partial charge in [-0.05, 0) is 23.3 Å². The summed E-state index contributed by atoms with van der Waals surface area (Å²) in [5.74, 6) is 0. The van der Waals surface area contributed by atoms with E-state index in [0.717, 1.165) is 11.1 Å². The Hall–Kier alpha value is 0.350. The summed E-state index contributed by atoms with van der Waals surface area (Å²) in [6.07, 6.45) is 0. The van der Waals surface area contributed by atoms with Crippen LogP contribution in [-0.4, -0.2) is 13.0 Å². The van der Waals surface area contributed by atoms with Crippen molar-refractivity contribution in [2.45, 2.75) is 4.90 Å². The molecule has 0 saturated carbocycles. The molecular weight excluding hydrogens is 270 g/mol. The van der Waals surface area contributed by atoms with Crippen molar-refractivity contribution >= 4 is 10.1 Å². The van der Waals surface area contributed by atoms with Crippen LogP contribution in [0.2, 0.25) is 0 Å². The van der Waals surface area contributed by atoms with Gasteiger partial charge in [0.2, 0.25) is 0 Å². The van der Waals surface area contributed by atoms with E-state index in [-0.39, 0.29) is 66.9 Å². The van der Waals surface area contributed by atoms with Crippen molar-refractivity contribution in [1.29, 1.82) is 0 Å². The number of hydrogen-bond donors (Lipinski definition) is 1. The van der Waals surface area contributed by atoms with E-state index in [4.69, 9.17) is 4.55 Å². The topological polar surface area (TPSA) is 54.4 Å². The van der Waals surface area contributed by atoms with E-state index in [1.165, 1.54) is 12.1 Å². The maximum atomic E-state index is 10.8. The quantitative estimate of drug-likeness (QED) is 0.467. The molecule has 2 aromatic rings. The molecule has 0 atom stereocenters. The van der Waals surface area contributed by atoms with Gasteiger partial charge in [0.25, 0.3) is 10.1 Å². The Morgan fingerprint density at radius 1 is 0.778 bits per heavy atom. The van der Waals surface area contributed by atoms with Gasteiger partial charge in [-0.25, -0.2) is 0 Å². The van der Waals surface area contributed by atoms with Crippen LogP contribution < -0.4 is 59.1 Å². The van der Waals surface area contributed by atoms with Crippen LogP contribution in [0.5, 0.6) is 0 Å². The fraction of sp³-hybridized carbons (Fsp3) is 0. The number of rotatable bonds is 2. The fourth-order valence-corrected chi connectivity index (χ4v) is 1.93. The number of hydrogen-bond acceptors (Lipinski definition) is 2. The SMILES string of the molecule is O=S(=O)(O)c1ccc(-c2ccccc2)cc1.[H-].[H-].[Na+].[Na+]. The third-order valence-electron chi connectivity index (χ3n) is 2.26. The van der Waals surface area contributed by atoms with E-state index >= 15 is 0 Å². The Kier molecular flexibility index (Phi) is 7.97. The summed E-state index contributed by atoms with van der Waals surface area (Å²) in [6.45, 7) is 0. The van der Waals surface area contributed by atoms with E-state index in [1.807, 2.05) is 30.3 Å². The molecule has 0 heterocycles. The van der Waals surface area contributed by atoms with E-state index in [0.29, 0.717) is 0 Å². The summed E-state index contributed by atoms with van der Waals surface area (Å²) in [7, 11) is -4.10. The van der Waals surface area contributed by atoms with Gasteiger partial charge in [0.05, 0.1) is 4.90 Å². The average Bonchev–Trinajstić information content (AvgIpc) is 2.29. The minimum absolute atomic E-state index is 0. The molecular formula is C12H12Na2O3S. The summed E-state index contributed by atoms with van der Waals surface area (Å²) in [5.41, 5.74) is 1.91. The van der Waals surface area contributed by atoms with Crippen LogP contribution in [0.1, 0.15) is 2.85 Å². The molecule has 86 valence electrons. The third-order valence-corrected chi connectivity index (χ3v) is 3.13. The first-order valence-electron chi connectivity index (χ1n) is 4.70. The van der Waals surface area contributed by atoms with Crippen LogP contribution in [0.15, 0.2) is 59.5 Å². The van der Waals surface area contributed by atoms with Gasteiger partial charge in [0.1, 0.15) is 0 Å². The van der Waals surface area contributed by atoms with Crippen molar-refractivity contribution in [2.75, 3.05) is 0 Å². The van der Waals surface area contributed by atoms with Crippen LogP contribution in [-0.2, 0) is 10.1 Å². The van der Waals surface area contributed by atoms with Crippen LogP contribution in [0, 0.1) is 0 Å². The second kappa shape index (κ2) is 7.82. The summed E-state index contributed by atoms with van der Waals surface area (Å²) >= 11 is 0. The molecule has 0 saturated heterocycles. The Morgan fingerprint density at radius 2 is 1.22 bits per heavy atom. The Bertz CT molecular complexity index is 590. The second-order valence-corrected chi connectivity index (χ2v) is 4.79. The zero-order valence-corrected chi connectivity index (χ0v) is 15.2. The smallest absolute Gasteiger partial charge is 1.00 e. The standard InChI is InChI=1S/C12H10O3S.2Na.2H/c13-16(14,15)12-8-6-11(7-9-12)10-4-2-1-3-5-10;;;;/h1-9H,(H,13,14,15);;;;/q;2*+1;2*-1. The van der Waals surface area contributed by atoms with Gasteiger partial charge < -0.3 is 2.85 Å². The molecule has 0 aliphatic heterocycles. The molecule has 1 N–H and O–H groups in total. The molecule has 0 aliphatic carbocycles. The molecule has 18 heavy (non-hydrogen) atoms. The minimum atomic E-state index is -4.10. The van der Waals surface area contributed by atoms with Crippen molar-refractivity contribution in [3.63, 3.8) is 0 Å². The molecule has 2 rings (SSSR count). The molecule has 0 aliphatic rings. The van der Waals surface area contributed by atoms with E-state index in [2.05, 4.69) is 0 Å². The molecule has 0 bridgehead atoms. The maximum absolute atomic E-state index is 10.8. The van der Waals surface area contributed by atoms with Gasteiger partial charge in [-0.3, -0.25) is 4.55 Å². The summed E-state index contributed by atoms with van der Waals surface area (Å²) in [4.78, 5) is -0.0906. The fourth-order valence-electron chi connectivity index (χ4n) is 1.45. The van der Waals surface area contributed by atoms with Gasteiger partial charge in [0.15, 0.2) is 0 Å². The van der Waals surface area contributed by atoms with Crippen molar-refractivity contribution in [2.24, 2.45) is 0 Å². The summed E-state index contributed by atoms with van der Waals surface area (Å²) < 4.78 is 30.5. The molecule has 2 aromatic carbocycles. The molecule has 0 aromatic heterocycles. The normalized spacial score (nSPS) is 10.1.